The number of ether oxygens (including phenoxy) is 1. The SMILES string of the molecule is C=CCc1ccccc1OCC(O)Cn1cnc2c(NCc3ccccc3)ncnc21. The summed E-state index contributed by atoms with van der Waals surface area (Å²) in [5.41, 5.74) is 3.53. The minimum Gasteiger partial charge on any atom is -0.491 e. The molecule has 0 aliphatic rings. The Bertz CT molecular complexity index is 1140. The molecule has 4 aromatic rings. The number of aliphatic hydroxyl groups excluding tert-OH is 1. The smallest absolute Gasteiger partial charge is 0.165 e. The van der Waals surface area contributed by atoms with E-state index in [1.807, 2.05) is 65.2 Å². The van der Waals surface area contributed by atoms with Gasteiger partial charge in [-0.15, -0.1) is 6.58 Å². The van der Waals surface area contributed by atoms with E-state index in [9.17, 15) is 5.11 Å². The summed E-state index contributed by atoms with van der Waals surface area (Å²) in [6.45, 7) is 4.89. The number of para-hydroxylation sites is 1. The number of aromatic nitrogens is 4. The highest BCUT2D eigenvalue weighted by molar-refractivity contribution is 5.82. The van der Waals surface area contributed by atoms with E-state index in [2.05, 4.69) is 26.8 Å². The van der Waals surface area contributed by atoms with Gasteiger partial charge in [-0.25, -0.2) is 15.0 Å². The van der Waals surface area contributed by atoms with Crippen molar-refractivity contribution in [3.8, 4) is 5.75 Å². The van der Waals surface area contributed by atoms with Gasteiger partial charge in [-0.1, -0.05) is 54.6 Å². The molecular formula is C24H25N5O2. The predicted octanol–water partition coefficient (Wildman–Crippen LogP) is 3.61. The first-order chi connectivity index (χ1) is 15.2. The molecular weight excluding hydrogens is 390 g/mol. The van der Waals surface area contributed by atoms with Crippen LogP contribution in [-0.2, 0) is 19.5 Å². The van der Waals surface area contributed by atoms with Crippen molar-refractivity contribution >= 4 is 17.0 Å². The number of fused-ring (bicyclic) bond motifs is 1. The highest BCUT2D eigenvalue weighted by Crippen LogP contribution is 2.20. The van der Waals surface area contributed by atoms with E-state index in [1.165, 1.54) is 6.33 Å². The molecule has 1 atom stereocenters. The summed E-state index contributed by atoms with van der Waals surface area (Å²) in [4.78, 5) is 13.1. The fraction of sp³-hybridized carbons (Fsp3) is 0.208. The van der Waals surface area contributed by atoms with Crippen LogP contribution in [0.15, 0.2) is 79.9 Å². The Labute approximate surface area is 181 Å². The third-order valence-corrected chi connectivity index (χ3v) is 4.88. The minimum atomic E-state index is -0.718. The average molecular weight is 415 g/mol. The second kappa shape index (κ2) is 9.86. The van der Waals surface area contributed by atoms with Crippen molar-refractivity contribution in [2.24, 2.45) is 0 Å². The molecule has 0 saturated carbocycles. The predicted molar refractivity (Wildman–Crippen MR) is 121 cm³/mol. The van der Waals surface area contributed by atoms with Crippen LogP contribution in [0.4, 0.5) is 5.82 Å². The Balaban J connectivity index is 1.41. The molecule has 2 heterocycles. The van der Waals surface area contributed by atoms with E-state index in [1.54, 1.807) is 6.33 Å². The first-order valence-electron chi connectivity index (χ1n) is 10.2. The summed E-state index contributed by atoms with van der Waals surface area (Å²) >= 11 is 0. The summed E-state index contributed by atoms with van der Waals surface area (Å²) in [6, 6.07) is 17.9. The third kappa shape index (κ3) is 5.07. The van der Waals surface area contributed by atoms with Gasteiger partial charge in [0.2, 0.25) is 0 Å². The number of imidazole rings is 1. The van der Waals surface area contributed by atoms with Gasteiger partial charge < -0.3 is 19.7 Å². The standard InChI is InChI=1S/C24H25N5O2/c1-2-8-19-11-6-7-12-21(19)31-15-20(30)14-29-17-28-22-23(26-16-27-24(22)29)25-13-18-9-4-3-5-10-18/h2-7,9-12,16-17,20,30H,1,8,13-15H2,(H,25,26,27). The molecule has 2 aromatic heterocycles. The van der Waals surface area contributed by atoms with E-state index in [0.717, 1.165) is 16.9 Å². The van der Waals surface area contributed by atoms with Crippen LogP contribution in [0, 0.1) is 0 Å². The van der Waals surface area contributed by atoms with E-state index in [4.69, 9.17) is 4.74 Å². The average Bonchev–Trinajstić information content (AvgIpc) is 3.21. The maximum absolute atomic E-state index is 10.5. The maximum Gasteiger partial charge on any atom is 0.165 e. The number of hydrogen-bond donors (Lipinski definition) is 2. The number of allylic oxidation sites excluding steroid dienone is 1. The van der Waals surface area contributed by atoms with Crippen LogP contribution in [-0.4, -0.2) is 37.3 Å². The summed E-state index contributed by atoms with van der Waals surface area (Å²) in [5, 5.41) is 13.8. The summed E-state index contributed by atoms with van der Waals surface area (Å²) < 4.78 is 7.66. The Hall–Kier alpha value is -3.71. The van der Waals surface area contributed by atoms with Gasteiger partial charge in [0, 0.05) is 6.54 Å². The summed E-state index contributed by atoms with van der Waals surface area (Å²) in [6.07, 6.45) is 5.00. The van der Waals surface area contributed by atoms with E-state index in [0.29, 0.717) is 36.5 Å². The van der Waals surface area contributed by atoms with E-state index >= 15 is 0 Å². The quantitative estimate of drug-likeness (QED) is 0.385. The van der Waals surface area contributed by atoms with Gasteiger partial charge in [0.05, 0.1) is 12.9 Å². The number of aliphatic hydroxyl groups is 1. The number of benzene rings is 2. The van der Waals surface area contributed by atoms with Crippen LogP contribution in [0.1, 0.15) is 11.1 Å². The maximum atomic E-state index is 10.5. The van der Waals surface area contributed by atoms with Crippen molar-refractivity contribution in [3.63, 3.8) is 0 Å². The van der Waals surface area contributed by atoms with E-state index in [-0.39, 0.29) is 6.61 Å². The molecule has 4 rings (SSSR count). The fourth-order valence-corrected chi connectivity index (χ4v) is 3.36. The van der Waals surface area contributed by atoms with Crippen LogP contribution in [0.2, 0.25) is 0 Å². The molecule has 7 heteroatoms. The number of hydrogen-bond acceptors (Lipinski definition) is 6. The Morgan fingerprint density at radius 1 is 1.06 bits per heavy atom. The number of nitrogens with zero attached hydrogens (tertiary/aromatic N) is 4. The van der Waals surface area contributed by atoms with Crippen molar-refractivity contribution in [1.29, 1.82) is 0 Å². The Kier molecular flexibility index (Phi) is 6.54. The van der Waals surface area contributed by atoms with Gasteiger partial charge >= 0.3 is 0 Å². The molecule has 0 fully saturated rings. The molecule has 0 aliphatic heterocycles. The van der Waals surface area contributed by atoms with Crippen LogP contribution in [0.5, 0.6) is 5.75 Å². The second-order valence-corrected chi connectivity index (χ2v) is 7.20. The molecule has 158 valence electrons. The number of nitrogens with one attached hydrogen (secondary N) is 1. The third-order valence-electron chi connectivity index (χ3n) is 4.88. The lowest BCUT2D eigenvalue weighted by Gasteiger charge is -2.15. The van der Waals surface area contributed by atoms with Crippen LogP contribution < -0.4 is 10.1 Å². The van der Waals surface area contributed by atoms with Gasteiger partial charge in [-0.3, -0.25) is 0 Å². The van der Waals surface area contributed by atoms with Crippen LogP contribution in [0.25, 0.3) is 11.2 Å². The largest absolute Gasteiger partial charge is 0.491 e. The van der Waals surface area contributed by atoms with Crippen molar-refractivity contribution in [3.05, 3.63) is 91.0 Å². The highest BCUT2D eigenvalue weighted by atomic mass is 16.5. The molecule has 1 unspecified atom stereocenters. The van der Waals surface area contributed by atoms with Crippen molar-refractivity contribution in [2.75, 3.05) is 11.9 Å². The highest BCUT2D eigenvalue weighted by Gasteiger charge is 2.14. The summed E-state index contributed by atoms with van der Waals surface area (Å²) in [7, 11) is 0. The number of rotatable bonds is 10. The van der Waals surface area contributed by atoms with Gasteiger partial charge in [0.1, 0.15) is 30.3 Å². The van der Waals surface area contributed by atoms with Gasteiger partial charge in [0.25, 0.3) is 0 Å². The lowest BCUT2D eigenvalue weighted by atomic mass is 10.1. The molecule has 0 radical (unpaired) electrons. The van der Waals surface area contributed by atoms with Gasteiger partial charge in [-0.05, 0) is 23.6 Å². The second-order valence-electron chi connectivity index (χ2n) is 7.20. The summed E-state index contributed by atoms with van der Waals surface area (Å²) in [5.74, 6) is 1.42. The molecule has 31 heavy (non-hydrogen) atoms. The molecule has 0 bridgehead atoms. The topological polar surface area (TPSA) is 85.1 Å². The first-order valence-corrected chi connectivity index (χ1v) is 10.2. The fourth-order valence-electron chi connectivity index (χ4n) is 3.36. The van der Waals surface area contributed by atoms with Crippen molar-refractivity contribution < 1.29 is 9.84 Å². The van der Waals surface area contributed by atoms with Gasteiger partial charge in [-0.2, -0.15) is 0 Å². The molecule has 0 amide bonds. The van der Waals surface area contributed by atoms with E-state index < -0.39 is 6.10 Å². The molecule has 7 nitrogen and oxygen atoms in total. The van der Waals surface area contributed by atoms with Crippen LogP contribution >= 0.6 is 0 Å². The zero-order valence-corrected chi connectivity index (χ0v) is 17.2. The molecule has 2 N–H and O–H groups in total. The normalized spacial score (nSPS) is 11.9. The lowest BCUT2D eigenvalue weighted by Crippen LogP contribution is -2.23. The Morgan fingerprint density at radius 2 is 1.87 bits per heavy atom. The molecule has 0 aliphatic carbocycles. The first kappa shape index (κ1) is 20.6. The van der Waals surface area contributed by atoms with Gasteiger partial charge in [0.15, 0.2) is 11.5 Å². The Morgan fingerprint density at radius 3 is 2.71 bits per heavy atom. The molecule has 0 spiro atoms. The monoisotopic (exact) mass is 415 g/mol. The number of anilines is 1. The van der Waals surface area contributed by atoms with Crippen molar-refractivity contribution in [2.45, 2.75) is 25.6 Å². The molecule has 0 saturated heterocycles. The zero-order chi connectivity index (χ0) is 21.5. The minimum absolute atomic E-state index is 0.165. The van der Waals surface area contributed by atoms with Crippen molar-refractivity contribution in [1.82, 2.24) is 19.5 Å². The molecule has 2 aromatic carbocycles. The lowest BCUT2D eigenvalue weighted by molar-refractivity contribution is 0.0929. The zero-order valence-electron chi connectivity index (χ0n) is 17.2. The van der Waals surface area contributed by atoms with Crippen LogP contribution in [0.3, 0.4) is 0 Å².